The van der Waals surface area contributed by atoms with Crippen molar-refractivity contribution >= 4 is 33.7 Å². The molecular weight excluding hydrogens is 278 g/mol. The van der Waals surface area contributed by atoms with Gasteiger partial charge in [-0.05, 0) is 54.5 Å². The molecule has 1 aromatic heterocycles. The van der Waals surface area contributed by atoms with Crippen LogP contribution in [-0.2, 0) is 12.8 Å². The summed E-state index contributed by atoms with van der Waals surface area (Å²) in [6.07, 6.45) is 2.21. The zero-order valence-corrected chi connectivity index (χ0v) is 12.6. The first kappa shape index (κ1) is 12.6. The van der Waals surface area contributed by atoms with Gasteiger partial charge >= 0.3 is 0 Å². The Labute approximate surface area is 127 Å². The summed E-state index contributed by atoms with van der Waals surface area (Å²) in [7, 11) is 0. The van der Waals surface area contributed by atoms with Crippen LogP contribution in [0.4, 0.5) is 5.69 Å². The van der Waals surface area contributed by atoms with E-state index in [1.807, 2.05) is 25.1 Å². The first-order chi connectivity index (χ1) is 10.2. The molecule has 2 aromatic carbocycles. The molecule has 104 valence electrons. The molecule has 1 N–H and O–H groups in total. The number of carbonyl (C=O) groups excluding carboxylic acids is 1. The standard InChI is InChI=1S/C18H15NOS/c1-11-5-10-16(21-11)18(20)19-15-9-8-13-7-6-12-3-2-4-14(15)17(12)13/h2-5,8-10H,6-7H2,1H3,(H,19,20). The Morgan fingerprint density at radius 3 is 2.62 bits per heavy atom. The highest BCUT2D eigenvalue weighted by atomic mass is 32.1. The van der Waals surface area contributed by atoms with Gasteiger partial charge in [-0.3, -0.25) is 4.79 Å². The predicted molar refractivity (Wildman–Crippen MR) is 88.4 cm³/mol. The van der Waals surface area contributed by atoms with E-state index < -0.39 is 0 Å². The summed E-state index contributed by atoms with van der Waals surface area (Å²) in [5, 5.41) is 5.56. The second kappa shape index (κ2) is 4.71. The number of anilines is 1. The molecule has 1 aliphatic rings. The van der Waals surface area contributed by atoms with Crippen molar-refractivity contribution < 1.29 is 4.79 Å². The van der Waals surface area contributed by atoms with Gasteiger partial charge < -0.3 is 5.32 Å². The van der Waals surface area contributed by atoms with Crippen molar-refractivity contribution in [2.24, 2.45) is 0 Å². The van der Waals surface area contributed by atoms with Crippen molar-refractivity contribution in [3.05, 3.63) is 63.3 Å². The summed E-state index contributed by atoms with van der Waals surface area (Å²) in [4.78, 5) is 14.3. The van der Waals surface area contributed by atoms with Gasteiger partial charge in [-0.1, -0.05) is 24.3 Å². The Hall–Kier alpha value is -2.13. The van der Waals surface area contributed by atoms with E-state index in [4.69, 9.17) is 0 Å². The van der Waals surface area contributed by atoms with Crippen molar-refractivity contribution in [3.8, 4) is 0 Å². The van der Waals surface area contributed by atoms with E-state index in [9.17, 15) is 4.79 Å². The largest absolute Gasteiger partial charge is 0.321 e. The molecule has 0 aliphatic heterocycles. The third-order valence-corrected chi connectivity index (χ3v) is 5.09. The van der Waals surface area contributed by atoms with E-state index in [1.165, 1.54) is 27.8 Å². The molecule has 0 spiro atoms. The molecule has 1 amide bonds. The van der Waals surface area contributed by atoms with Crippen molar-refractivity contribution in [3.63, 3.8) is 0 Å². The number of rotatable bonds is 2. The second-order valence-electron chi connectivity index (χ2n) is 5.48. The zero-order valence-electron chi connectivity index (χ0n) is 11.8. The lowest BCUT2D eigenvalue weighted by Gasteiger charge is -2.10. The van der Waals surface area contributed by atoms with Crippen LogP contribution in [0.1, 0.15) is 25.7 Å². The van der Waals surface area contributed by atoms with Crippen LogP contribution in [0.3, 0.4) is 0 Å². The maximum atomic E-state index is 12.4. The number of amides is 1. The zero-order chi connectivity index (χ0) is 14.4. The first-order valence-corrected chi connectivity index (χ1v) is 7.95. The summed E-state index contributed by atoms with van der Waals surface area (Å²) in [6.45, 7) is 2.01. The highest BCUT2D eigenvalue weighted by Gasteiger charge is 2.17. The van der Waals surface area contributed by atoms with E-state index in [0.29, 0.717) is 0 Å². The Morgan fingerprint density at radius 2 is 1.86 bits per heavy atom. The topological polar surface area (TPSA) is 29.1 Å². The van der Waals surface area contributed by atoms with E-state index in [2.05, 4.69) is 29.6 Å². The number of thiophene rings is 1. The summed E-state index contributed by atoms with van der Waals surface area (Å²) < 4.78 is 0. The van der Waals surface area contributed by atoms with Crippen molar-refractivity contribution in [2.75, 3.05) is 5.32 Å². The molecule has 0 bridgehead atoms. The molecule has 0 radical (unpaired) electrons. The molecule has 2 nitrogen and oxygen atoms in total. The number of aryl methyl sites for hydroxylation is 3. The summed E-state index contributed by atoms with van der Waals surface area (Å²) in [6, 6.07) is 14.4. The SMILES string of the molecule is Cc1ccc(C(=O)Nc2ccc3c4c(cccc24)CC3)s1. The molecule has 0 saturated heterocycles. The fourth-order valence-electron chi connectivity index (χ4n) is 3.10. The summed E-state index contributed by atoms with van der Waals surface area (Å²) in [5.74, 6) is -0.0215. The molecule has 0 saturated carbocycles. The van der Waals surface area contributed by atoms with E-state index in [0.717, 1.165) is 33.7 Å². The van der Waals surface area contributed by atoms with Crippen molar-refractivity contribution in [1.29, 1.82) is 0 Å². The fourth-order valence-corrected chi connectivity index (χ4v) is 3.86. The van der Waals surface area contributed by atoms with Crippen LogP contribution in [0, 0.1) is 6.92 Å². The molecule has 3 aromatic rings. The number of hydrogen-bond donors (Lipinski definition) is 1. The minimum atomic E-state index is -0.0215. The Morgan fingerprint density at radius 1 is 1.05 bits per heavy atom. The lowest BCUT2D eigenvalue weighted by molar-refractivity contribution is 0.103. The number of carbonyl (C=O) groups is 1. The molecule has 1 aliphatic carbocycles. The quantitative estimate of drug-likeness (QED) is 0.737. The maximum absolute atomic E-state index is 12.4. The molecule has 1 heterocycles. The van der Waals surface area contributed by atoms with Gasteiger partial charge in [-0.25, -0.2) is 0 Å². The van der Waals surface area contributed by atoms with Gasteiger partial charge in [-0.15, -0.1) is 11.3 Å². The molecule has 0 unspecified atom stereocenters. The lowest BCUT2D eigenvalue weighted by Crippen LogP contribution is -2.10. The molecule has 0 fully saturated rings. The molecule has 0 atom stereocenters. The monoisotopic (exact) mass is 293 g/mol. The lowest BCUT2D eigenvalue weighted by atomic mass is 10.0. The number of nitrogens with one attached hydrogen (secondary N) is 1. The van der Waals surface area contributed by atoms with Crippen LogP contribution in [0.5, 0.6) is 0 Å². The van der Waals surface area contributed by atoms with Crippen LogP contribution in [0.25, 0.3) is 10.8 Å². The number of benzene rings is 2. The highest BCUT2D eigenvalue weighted by Crippen LogP contribution is 2.35. The van der Waals surface area contributed by atoms with Crippen molar-refractivity contribution in [1.82, 2.24) is 0 Å². The predicted octanol–water partition coefficient (Wildman–Crippen LogP) is 4.56. The summed E-state index contributed by atoms with van der Waals surface area (Å²) >= 11 is 1.53. The second-order valence-corrected chi connectivity index (χ2v) is 6.76. The molecule has 3 heteroatoms. The Balaban J connectivity index is 1.76. The van der Waals surface area contributed by atoms with Gasteiger partial charge in [0.05, 0.1) is 4.88 Å². The van der Waals surface area contributed by atoms with Crippen LogP contribution in [0.2, 0.25) is 0 Å². The molecule has 21 heavy (non-hydrogen) atoms. The van der Waals surface area contributed by atoms with Crippen LogP contribution >= 0.6 is 11.3 Å². The average Bonchev–Trinajstić information content (AvgIpc) is 3.10. The van der Waals surface area contributed by atoms with E-state index >= 15 is 0 Å². The van der Waals surface area contributed by atoms with Gasteiger partial charge in [0, 0.05) is 16.0 Å². The summed E-state index contributed by atoms with van der Waals surface area (Å²) in [5.41, 5.74) is 3.70. The third kappa shape index (κ3) is 2.05. The van der Waals surface area contributed by atoms with E-state index in [1.54, 1.807) is 0 Å². The fraction of sp³-hybridized carbons (Fsp3) is 0.167. The normalized spacial score (nSPS) is 12.8. The first-order valence-electron chi connectivity index (χ1n) is 7.13. The van der Waals surface area contributed by atoms with Crippen LogP contribution < -0.4 is 5.32 Å². The van der Waals surface area contributed by atoms with Crippen molar-refractivity contribution in [2.45, 2.75) is 19.8 Å². The minimum absolute atomic E-state index is 0.0215. The minimum Gasteiger partial charge on any atom is -0.321 e. The maximum Gasteiger partial charge on any atom is 0.265 e. The van der Waals surface area contributed by atoms with Gasteiger partial charge in [0.15, 0.2) is 0 Å². The smallest absolute Gasteiger partial charge is 0.265 e. The average molecular weight is 293 g/mol. The van der Waals surface area contributed by atoms with Crippen LogP contribution in [-0.4, -0.2) is 5.91 Å². The van der Waals surface area contributed by atoms with Crippen LogP contribution in [0.15, 0.2) is 42.5 Å². The number of hydrogen-bond acceptors (Lipinski definition) is 2. The van der Waals surface area contributed by atoms with Gasteiger partial charge in [0.2, 0.25) is 0 Å². The highest BCUT2D eigenvalue weighted by molar-refractivity contribution is 7.14. The van der Waals surface area contributed by atoms with Gasteiger partial charge in [-0.2, -0.15) is 0 Å². The Kier molecular flexibility index (Phi) is 2.82. The third-order valence-electron chi connectivity index (χ3n) is 4.09. The van der Waals surface area contributed by atoms with Gasteiger partial charge in [0.1, 0.15) is 0 Å². The molecule has 4 rings (SSSR count). The Bertz CT molecular complexity index is 853. The van der Waals surface area contributed by atoms with Gasteiger partial charge in [0.25, 0.3) is 5.91 Å². The molecular formula is C18H15NOS. The van der Waals surface area contributed by atoms with E-state index in [-0.39, 0.29) is 5.91 Å².